The van der Waals surface area contributed by atoms with Crippen LogP contribution in [0.1, 0.15) is 37.7 Å². The van der Waals surface area contributed by atoms with E-state index in [2.05, 4.69) is 10.6 Å². The van der Waals surface area contributed by atoms with Gasteiger partial charge in [-0.15, -0.1) is 0 Å². The summed E-state index contributed by atoms with van der Waals surface area (Å²) in [5, 5.41) is 6.04. The van der Waals surface area contributed by atoms with Crippen LogP contribution in [0.25, 0.3) is 0 Å². The Labute approximate surface area is 137 Å². The van der Waals surface area contributed by atoms with Gasteiger partial charge in [-0.05, 0) is 49.8 Å². The van der Waals surface area contributed by atoms with E-state index in [0.29, 0.717) is 31.7 Å². The van der Waals surface area contributed by atoms with Crippen LogP contribution in [0.3, 0.4) is 0 Å². The molecule has 1 aromatic carbocycles. The molecule has 3 atom stereocenters. The predicted octanol–water partition coefficient (Wildman–Crippen LogP) is 1.82. The normalized spacial score (nSPS) is 26.5. The summed E-state index contributed by atoms with van der Waals surface area (Å²) < 4.78 is 0. The van der Waals surface area contributed by atoms with Crippen molar-refractivity contribution in [1.82, 2.24) is 5.32 Å². The minimum atomic E-state index is -0.121. The Bertz CT molecular complexity index is 587. The highest BCUT2D eigenvalue weighted by Gasteiger charge is 2.29. The van der Waals surface area contributed by atoms with Gasteiger partial charge in [-0.2, -0.15) is 0 Å². The average Bonchev–Trinajstić information content (AvgIpc) is 3.00. The Hall–Kier alpha value is -1.88. The first-order valence-electron chi connectivity index (χ1n) is 8.55. The second-order valence-electron chi connectivity index (χ2n) is 6.69. The molecular formula is C18H25N3O2. The Morgan fingerprint density at radius 1 is 1.30 bits per heavy atom. The van der Waals surface area contributed by atoms with Crippen LogP contribution in [0.15, 0.2) is 24.3 Å². The lowest BCUT2D eigenvalue weighted by atomic mass is 9.89. The molecule has 0 aromatic heterocycles. The summed E-state index contributed by atoms with van der Waals surface area (Å²) in [5.74, 6) is 0.354. The molecule has 1 aliphatic heterocycles. The quantitative estimate of drug-likeness (QED) is 0.775. The van der Waals surface area contributed by atoms with Crippen LogP contribution in [-0.2, 0) is 16.0 Å². The van der Waals surface area contributed by atoms with Crippen LogP contribution in [0.2, 0.25) is 0 Å². The van der Waals surface area contributed by atoms with Crippen LogP contribution in [0.4, 0.5) is 5.69 Å². The minimum absolute atomic E-state index is 0.0252. The van der Waals surface area contributed by atoms with Gasteiger partial charge in [0, 0.05) is 24.1 Å². The third-order valence-corrected chi connectivity index (χ3v) is 5.14. The third-order valence-electron chi connectivity index (χ3n) is 5.14. The van der Waals surface area contributed by atoms with E-state index in [9.17, 15) is 9.59 Å². The third kappa shape index (κ3) is 3.72. The van der Waals surface area contributed by atoms with Crippen molar-refractivity contribution in [3.8, 4) is 0 Å². The molecule has 2 amide bonds. The monoisotopic (exact) mass is 315 g/mol. The number of carbonyl (C=O) groups is 2. The molecule has 5 heteroatoms. The summed E-state index contributed by atoms with van der Waals surface area (Å²) in [4.78, 5) is 24.3. The van der Waals surface area contributed by atoms with Gasteiger partial charge >= 0.3 is 0 Å². The van der Waals surface area contributed by atoms with Gasteiger partial charge in [0.15, 0.2) is 0 Å². The molecule has 4 N–H and O–H groups in total. The van der Waals surface area contributed by atoms with Gasteiger partial charge in [0.1, 0.15) is 0 Å². The molecule has 1 aromatic rings. The van der Waals surface area contributed by atoms with Gasteiger partial charge in [-0.3, -0.25) is 9.59 Å². The number of para-hydroxylation sites is 1. The summed E-state index contributed by atoms with van der Waals surface area (Å²) >= 11 is 0. The smallest absolute Gasteiger partial charge is 0.227 e. The van der Waals surface area contributed by atoms with Crippen molar-refractivity contribution >= 4 is 17.5 Å². The van der Waals surface area contributed by atoms with Crippen LogP contribution in [-0.4, -0.2) is 24.4 Å². The van der Waals surface area contributed by atoms with E-state index < -0.39 is 0 Å². The molecule has 1 heterocycles. The zero-order valence-electron chi connectivity index (χ0n) is 13.4. The fourth-order valence-corrected chi connectivity index (χ4v) is 3.74. The van der Waals surface area contributed by atoms with Gasteiger partial charge < -0.3 is 16.4 Å². The lowest BCUT2D eigenvalue weighted by molar-refractivity contribution is -0.123. The molecule has 3 rings (SSSR count). The molecule has 124 valence electrons. The van der Waals surface area contributed by atoms with Gasteiger partial charge in [0.05, 0.1) is 0 Å². The molecule has 2 aliphatic rings. The lowest BCUT2D eigenvalue weighted by Gasteiger charge is -2.25. The molecule has 1 saturated carbocycles. The summed E-state index contributed by atoms with van der Waals surface area (Å²) in [6.07, 6.45) is 4.95. The Morgan fingerprint density at radius 3 is 2.96 bits per heavy atom. The number of hydrogen-bond donors (Lipinski definition) is 3. The van der Waals surface area contributed by atoms with Crippen LogP contribution >= 0.6 is 0 Å². The fourth-order valence-electron chi connectivity index (χ4n) is 3.74. The number of carbonyl (C=O) groups excluding carboxylic acids is 2. The van der Waals surface area contributed by atoms with Crippen molar-refractivity contribution in [1.29, 1.82) is 0 Å². The van der Waals surface area contributed by atoms with E-state index >= 15 is 0 Å². The number of fused-ring (bicyclic) bond motifs is 1. The van der Waals surface area contributed by atoms with Gasteiger partial charge in [-0.1, -0.05) is 24.6 Å². The largest absolute Gasteiger partial charge is 0.353 e. The SMILES string of the molecule is NCC1CCCC1NC(=O)CCC1Cc2ccccc2NC1=O. The number of rotatable bonds is 5. The van der Waals surface area contributed by atoms with Crippen LogP contribution in [0, 0.1) is 11.8 Å². The highest BCUT2D eigenvalue weighted by molar-refractivity contribution is 5.96. The Kier molecular flexibility index (Phi) is 4.96. The maximum absolute atomic E-state index is 12.2. The molecule has 3 unspecified atom stereocenters. The molecule has 1 aliphatic carbocycles. The number of hydrogen-bond acceptors (Lipinski definition) is 3. The number of nitrogens with two attached hydrogens (primary N) is 1. The van der Waals surface area contributed by atoms with Crippen molar-refractivity contribution in [3.63, 3.8) is 0 Å². The van der Waals surface area contributed by atoms with Crippen molar-refractivity contribution in [3.05, 3.63) is 29.8 Å². The molecule has 23 heavy (non-hydrogen) atoms. The molecule has 0 radical (unpaired) electrons. The molecule has 1 fully saturated rings. The summed E-state index contributed by atoms with van der Waals surface area (Å²) in [6.45, 7) is 0.632. The van der Waals surface area contributed by atoms with Crippen molar-refractivity contribution < 1.29 is 9.59 Å². The van der Waals surface area contributed by atoms with Crippen molar-refractivity contribution in [2.45, 2.75) is 44.6 Å². The van der Waals surface area contributed by atoms with Crippen molar-refractivity contribution in [2.75, 3.05) is 11.9 Å². The van der Waals surface area contributed by atoms with E-state index in [1.807, 2.05) is 24.3 Å². The first kappa shape index (κ1) is 16.0. The second kappa shape index (κ2) is 7.13. The Balaban J connectivity index is 1.50. The van der Waals surface area contributed by atoms with E-state index in [1.165, 1.54) is 0 Å². The highest BCUT2D eigenvalue weighted by atomic mass is 16.2. The van der Waals surface area contributed by atoms with Gasteiger partial charge in [0.2, 0.25) is 11.8 Å². The molecule has 5 nitrogen and oxygen atoms in total. The predicted molar refractivity (Wildman–Crippen MR) is 89.8 cm³/mol. The maximum atomic E-state index is 12.2. The number of benzene rings is 1. The lowest BCUT2D eigenvalue weighted by Crippen LogP contribution is -2.40. The van der Waals surface area contributed by atoms with Gasteiger partial charge in [-0.25, -0.2) is 0 Å². The zero-order valence-corrected chi connectivity index (χ0v) is 13.4. The van der Waals surface area contributed by atoms with Crippen LogP contribution in [0.5, 0.6) is 0 Å². The molecule has 0 spiro atoms. The number of anilines is 1. The minimum Gasteiger partial charge on any atom is -0.353 e. The standard InChI is InChI=1S/C18H25N3O2/c19-11-14-5-3-7-16(14)20-17(22)9-8-13-10-12-4-1-2-6-15(12)21-18(13)23/h1-2,4,6,13-14,16H,3,5,7-11,19H2,(H,20,22)(H,21,23). The topological polar surface area (TPSA) is 84.2 Å². The van der Waals surface area contributed by atoms with Gasteiger partial charge in [0.25, 0.3) is 0 Å². The summed E-state index contributed by atoms with van der Waals surface area (Å²) in [5.41, 5.74) is 7.80. The average molecular weight is 315 g/mol. The molecular weight excluding hydrogens is 290 g/mol. The first-order valence-corrected chi connectivity index (χ1v) is 8.55. The van der Waals surface area contributed by atoms with E-state index in [0.717, 1.165) is 30.5 Å². The van der Waals surface area contributed by atoms with Crippen LogP contribution < -0.4 is 16.4 Å². The van der Waals surface area contributed by atoms with E-state index in [-0.39, 0.29) is 23.8 Å². The van der Waals surface area contributed by atoms with Crippen molar-refractivity contribution in [2.24, 2.45) is 17.6 Å². The van der Waals surface area contributed by atoms with E-state index in [1.54, 1.807) is 0 Å². The second-order valence-corrected chi connectivity index (χ2v) is 6.69. The Morgan fingerprint density at radius 2 is 2.13 bits per heavy atom. The number of amides is 2. The first-order chi connectivity index (χ1) is 11.2. The molecule has 0 saturated heterocycles. The highest BCUT2D eigenvalue weighted by Crippen LogP contribution is 2.28. The zero-order chi connectivity index (χ0) is 16.2. The fraction of sp³-hybridized carbons (Fsp3) is 0.556. The number of nitrogens with one attached hydrogen (secondary N) is 2. The maximum Gasteiger partial charge on any atom is 0.227 e. The summed E-state index contributed by atoms with van der Waals surface area (Å²) in [7, 11) is 0. The van der Waals surface area contributed by atoms with E-state index in [4.69, 9.17) is 5.73 Å². The molecule has 0 bridgehead atoms. The summed E-state index contributed by atoms with van der Waals surface area (Å²) in [6, 6.07) is 8.07.